The third kappa shape index (κ3) is 3.25. The molecule has 0 bridgehead atoms. The highest BCUT2D eigenvalue weighted by Crippen LogP contribution is 2.32. The topological polar surface area (TPSA) is 75.4 Å². The van der Waals surface area contributed by atoms with Crippen LogP contribution in [0.1, 0.15) is 31.5 Å². The van der Waals surface area contributed by atoms with Crippen molar-refractivity contribution in [3.8, 4) is 0 Å². The molecule has 0 radical (unpaired) electrons. The van der Waals surface area contributed by atoms with Gasteiger partial charge < -0.3 is 15.5 Å². The molecule has 1 saturated carbocycles. The molecule has 6 nitrogen and oxygen atoms in total. The molecule has 0 aromatic carbocycles. The fourth-order valence-electron chi connectivity index (χ4n) is 3.62. The number of anilines is 1. The summed E-state index contributed by atoms with van der Waals surface area (Å²) in [5, 5.41) is 0.979. The maximum atomic E-state index is 12.8. The summed E-state index contributed by atoms with van der Waals surface area (Å²) in [4.78, 5) is 21.6. The highest BCUT2D eigenvalue weighted by Gasteiger charge is 2.35. The molecular weight excluding hydrogens is 298 g/mol. The zero-order valence-electron chi connectivity index (χ0n) is 13.2. The first kappa shape index (κ1) is 15.7. The average molecular weight is 323 g/mol. The lowest BCUT2D eigenvalue weighted by Gasteiger charge is -2.27. The Hall–Kier alpha value is -1.21. The van der Waals surface area contributed by atoms with Gasteiger partial charge in [0.05, 0.1) is 0 Å². The molecule has 0 spiro atoms. The Kier molecular flexibility index (Phi) is 4.93. The third-order valence-electron chi connectivity index (χ3n) is 4.87. The molecule has 1 aliphatic heterocycles. The monoisotopic (exact) mass is 323 g/mol. The summed E-state index contributed by atoms with van der Waals surface area (Å²) in [6.45, 7) is 5.98. The van der Waals surface area contributed by atoms with Gasteiger partial charge in [0.25, 0.3) is 0 Å². The molecule has 2 aliphatic rings. The Bertz CT molecular complexity index is 520. The Morgan fingerprint density at radius 3 is 2.86 bits per heavy atom. The molecule has 1 saturated heterocycles. The van der Waals surface area contributed by atoms with Gasteiger partial charge in [-0.3, -0.25) is 4.79 Å². The first-order valence-electron chi connectivity index (χ1n) is 8.23. The zero-order valence-corrected chi connectivity index (χ0v) is 14.0. The number of amides is 1. The predicted octanol–water partition coefficient (Wildman–Crippen LogP) is 1.26. The molecule has 1 aromatic rings. The molecule has 2 heterocycles. The van der Waals surface area contributed by atoms with Crippen molar-refractivity contribution < 1.29 is 4.79 Å². The first-order chi connectivity index (χ1) is 10.7. The summed E-state index contributed by atoms with van der Waals surface area (Å²) >= 11 is 1.45. The minimum Gasteiger partial charge on any atom is -0.345 e. The molecule has 22 heavy (non-hydrogen) atoms. The van der Waals surface area contributed by atoms with Crippen LogP contribution < -0.4 is 10.6 Å². The third-order valence-corrected chi connectivity index (χ3v) is 5.74. The van der Waals surface area contributed by atoms with Crippen molar-refractivity contribution in [2.45, 2.75) is 32.6 Å². The molecule has 122 valence electrons. The second-order valence-electron chi connectivity index (χ2n) is 6.32. The number of hydrogen-bond donors (Lipinski definition) is 1. The largest absolute Gasteiger partial charge is 0.345 e. The van der Waals surface area contributed by atoms with Crippen LogP contribution in [0.2, 0.25) is 0 Å². The smallest absolute Gasteiger partial charge is 0.226 e. The number of hydrogen-bond acceptors (Lipinski definition) is 6. The second-order valence-corrected chi connectivity index (χ2v) is 7.05. The molecule has 1 aliphatic carbocycles. The van der Waals surface area contributed by atoms with Gasteiger partial charge in [-0.2, -0.15) is 4.37 Å². The lowest BCUT2D eigenvalue weighted by molar-refractivity contribution is -0.136. The van der Waals surface area contributed by atoms with Crippen LogP contribution in [0.15, 0.2) is 0 Å². The van der Waals surface area contributed by atoms with E-state index in [1.54, 1.807) is 0 Å². The number of carbonyl (C=O) groups is 1. The van der Waals surface area contributed by atoms with Crippen molar-refractivity contribution in [1.82, 2.24) is 14.3 Å². The van der Waals surface area contributed by atoms with E-state index in [4.69, 9.17) is 5.73 Å². The highest BCUT2D eigenvalue weighted by atomic mass is 32.1. The maximum Gasteiger partial charge on any atom is 0.226 e. The zero-order chi connectivity index (χ0) is 15.5. The minimum absolute atomic E-state index is 0.153. The van der Waals surface area contributed by atoms with Gasteiger partial charge in [0.1, 0.15) is 5.82 Å². The molecule has 2 fully saturated rings. The van der Waals surface area contributed by atoms with Crippen molar-refractivity contribution >= 4 is 22.6 Å². The predicted molar refractivity (Wildman–Crippen MR) is 87.9 cm³/mol. The van der Waals surface area contributed by atoms with Gasteiger partial charge in [0, 0.05) is 43.6 Å². The van der Waals surface area contributed by atoms with E-state index in [-0.39, 0.29) is 5.92 Å². The van der Waals surface area contributed by atoms with E-state index in [9.17, 15) is 4.79 Å². The Morgan fingerprint density at radius 2 is 2.14 bits per heavy atom. The van der Waals surface area contributed by atoms with Crippen LogP contribution in [0.25, 0.3) is 0 Å². The van der Waals surface area contributed by atoms with E-state index in [1.807, 2.05) is 11.8 Å². The van der Waals surface area contributed by atoms with Gasteiger partial charge in [0.2, 0.25) is 11.0 Å². The van der Waals surface area contributed by atoms with Crippen LogP contribution in [0.5, 0.6) is 0 Å². The number of nitrogens with zero attached hydrogens (tertiary/aromatic N) is 4. The molecule has 0 unspecified atom stereocenters. The van der Waals surface area contributed by atoms with E-state index in [0.29, 0.717) is 18.4 Å². The van der Waals surface area contributed by atoms with E-state index in [1.165, 1.54) is 11.5 Å². The van der Waals surface area contributed by atoms with Crippen molar-refractivity contribution in [3.05, 3.63) is 5.82 Å². The number of rotatable bonds is 3. The number of nitrogens with two attached hydrogens (primary N) is 1. The fourth-order valence-corrected chi connectivity index (χ4v) is 4.35. The molecule has 1 aromatic heterocycles. The van der Waals surface area contributed by atoms with Crippen molar-refractivity contribution in [1.29, 1.82) is 0 Å². The van der Waals surface area contributed by atoms with Crippen LogP contribution >= 0.6 is 11.5 Å². The quantitative estimate of drug-likeness (QED) is 0.906. The van der Waals surface area contributed by atoms with Crippen LogP contribution in [-0.2, 0) is 4.79 Å². The lowest BCUT2D eigenvalue weighted by Crippen LogP contribution is -2.41. The molecule has 1 amide bonds. The summed E-state index contributed by atoms with van der Waals surface area (Å²) in [6, 6.07) is 0. The molecule has 2 N–H and O–H groups in total. The fraction of sp³-hybridized carbons (Fsp3) is 0.800. The van der Waals surface area contributed by atoms with E-state index < -0.39 is 0 Å². The Morgan fingerprint density at radius 1 is 1.27 bits per heavy atom. The van der Waals surface area contributed by atoms with Crippen molar-refractivity contribution in [2.24, 2.45) is 17.6 Å². The first-order valence-corrected chi connectivity index (χ1v) is 9.00. The maximum absolute atomic E-state index is 12.8. The van der Waals surface area contributed by atoms with Gasteiger partial charge in [0.15, 0.2) is 0 Å². The molecule has 3 rings (SSSR count). The standard InChI is InChI=1S/C15H25N5OS/c1-11-17-15(22-18-11)20-7-3-6-19(8-9-20)14(21)13-5-2-4-12(13)10-16/h12-13H,2-10,16H2,1H3/t12-,13-/m1/s1. The highest BCUT2D eigenvalue weighted by molar-refractivity contribution is 7.09. The normalized spacial score (nSPS) is 26.3. The van der Waals surface area contributed by atoms with Crippen LogP contribution in [0.3, 0.4) is 0 Å². The Labute approximate surface area is 135 Å². The summed E-state index contributed by atoms with van der Waals surface area (Å²) in [6.07, 6.45) is 4.25. The summed E-state index contributed by atoms with van der Waals surface area (Å²) < 4.78 is 4.26. The van der Waals surface area contributed by atoms with E-state index in [2.05, 4.69) is 14.3 Å². The van der Waals surface area contributed by atoms with Crippen LogP contribution in [-0.4, -0.2) is 52.9 Å². The Balaban J connectivity index is 1.61. The van der Waals surface area contributed by atoms with E-state index in [0.717, 1.165) is 62.8 Å². The van der Waals surface area contributed by atoms with Gasteiger partial charge in [-0.15, -0.1) is 0 Å². The van der Waals surface area contributed by atoms with Crippen LogP contribution in [0, 0.1) is 18.8 Å². The summed E-state index contributed by atoms with van der Waals surface area (Å²) in [5.74, 6) is 1.69. The molecule has 7 heteroatoms. The number of carbonyl (C=O) groups excluding carboxylic acids is 1. The van der Waals surface area contributed by atoms with Gasteiger partial charge in [-0.1, -0.05) is 6.42 Å². The van der Waals surface area contributed by atoms with Gasteiger partial charge in [-0.05, 0) is 38.6 Å². The lowest BCUT2D eigenvalue weighted by atomic mass is 9.94. The SMILES string of the molecule is Cc1nsc(N2CCCN(C(=O)[C@@H]3CCC[C@@H]3CN)CC2)n1. The number of aryl methyl sites for hydroxylation is 1. The van der Waals surface area contributed by atoms with E-state index >= 15 is 0 Å². The number of aromatic nitrogens is 2. The van der Waals surface area contributed by atoms with Crippen molar-refractivity contribution in [2.75, 3.05) is 37.6 Å². The van der Waals surface area contributed by atoms with Crippen LogP contribution in [0.4, 0.5) is 5.13 Å². The average Bonchev–Trinajstić information content (AvgIpc) is 3.09. The van der Waals surface area contributed by atoms with Gasteiger partial charge >= 0.3 is 0 Å². The summed E-state index contributed by atoms with van der Waals surface area (Å²) in [5.41, 5.74) is 5.83. The van der Waals surface area contributed by atoms with Gasteiger partial charge in [-0.25, -0.2) is 4.98 Å². The second kappa shape index (κ2) is 6.91. The summed E-state index contributed by atoms with van der Waals surface area (Å²) in [7, 11) is 0. The molecule has 2 atom stereocenters. The minimum atomic E-state index is 0.153. The van der Waals surface area contributed by atoms with Crippen molar-refractivity contribution in [3.63, 3.8) is 0 Å². The molecular formula is C15H25N5OS.